The van der Waals surface area contributed by atoms with E-state index in [1.807, 2.05) is 12.1 Å². The molecule has 4 heteroatoms. The van der Waals surface area contributed by atoms with Gasteiger partial charge in [-0.05, 0) is 47.4 Å². The van der Waals surface area contributed by atoms with E-state index in [0.717, 1.165) is 30.1 Å². The maximum Gasteiger partial charge on any atom is 0.169 e. The van der Waals surface area contributed by atoms with E-state index in [-0.39, 0.29) is 0 Å². The highest BCUT2D eigenvalue weighted by atomic mass is 79.9. The van der Waals surface area contributed by atoms with Gasteiger partial charge < -0.3 is 9.15 Å². The molecule has 0 amide bonds. The highest BCUT2D eigenvalue weighted by molar-refractivity contribution is 9.10. The van der Waals surface area contributed by atoms with Crippen molar-refractivity contribution in [1.29, 1.82) is 0 Å². The summed E-state index contributed by atoms with van der Waals surface area (Å²) in [5.74, 6) is 1.01. The quantitative estimate of drug-likeness (QED) is 0.847. The molecule has 1 unspecified atom stereocenters. The van der Waals surface area contributed by atoms with E-state index in [4.69, 9.17) is 9.15 Å². The smallest absolute Gasteiger partial charge is 0.169 e. The van der Waals surface area contributed by atoms with Gasteiger partial charge in [-0.1, -0.05) is 0 Å². The normalized spacial score (nSPS) is 23.2. The SMILES string of the molecule is COC1CCCN(Cc2ccc(Br)o2)C1. The van der Waals surface area contributed by atoms with Crippen molar-refractivity contribution in [2.24, 2.45) is 0 Å². The number of ether oxygens (including phenoxy) is 1. The molecule has 1 aliphatic rings. The number of furan rings is 1. The van der Waals surface area contributed by atoms with Crippen LogP contribution in [0.1, 0.15) is 18.6 Å². The summed E-state index contributed by atoms with van der Waals surface area (Å²) in [6, 6.07) is 3.95. The first-order chi connectivity index (χ1) is 7.28. The molecule has 84 valence electrons. The van der Waals surface area contributed by atoms with Gasteiger partial charge >= 0.3 is 0 Å². The molecule has 1 fully saturated rings. The molecule has 0 saturated carbocycles. The fourth-order valence-electron chi connectivity index (χ4n) is 2.01. The summed E-state index contributed by atoms with van der Waals surface area (Å²) in [7, 11) is 1.79. The fourth-order valence-corrected chi connectivity index (χ4v) is 2.35. The van der Waals surface area contributed by atoms with E-state index >= 15 is 0 Å². The number of nitrogens with zero attached hydrogens (tertiary/aromatic N) is 1. The molecule has 3 nitrogen and oxygen atoms in total. The van der Waals surface area contributed by atoms with E-state index in [2.05, 4.69) is 20.8 Å². The van der Waals surface area contributed by atoms with Crippen molar-refractivity contribution < 1.29 is 9.15 Å². The predicted molar refractivity (Wildman–Crippen MR) is 61.7 cm³/mol. The second-order valence-electron chi connectivity index (χ2n) is 3.94. The van der Waals surface area contributed by atoms with Gasteiger partial charge in [0.15, 0.2) is 4.67 Å². The van der Waals surface area contributed by atoms with Crippen LogP contribution in [0, 0.1) is 0 Å². The maximum atomic E-state index is 5.49. The number of methoxy groups -OCH3 is 1. The number of hydrogen-bond acceptors (Lipinski definition) is 3. The molecule has 2 heterocycles. The van der Waals surface area contributed by atoms with Gasteiger partial charge in [-0.15, -0.1) is 0 Å². The van der Waals surface area contributed by atoms with Crippen LogP contribution >= 0.6 is 15.9 Å². The van der Waals surface area contributed by atoms with Gasteiger partial charge in [0.1, 0.15) is 5.76 Å². The van der Waals surface area contributed by atoms with Gasteiger partial charge in [0.2, 0.25) is 0 Å². The molecule has 2 rings (SSSR count). The summed E-state index contributed by atoms with van der Waals surface area (Å²) in [4.78, 5) is 2.38. The standard InChI is InChI=1S/C11H16BrNO2/c1-14-9-3-2-6-13(7-9)8-10-4-5-11(12)15-10/h4-5,9H,2-3,6-8H2,1H3. The summed E-state index contributed by atoms with van der Waals surface area (Å²) in [5, 5.41) is 0. The van der Waals surface area contributed by atoms with Crippen LogP contribution in [0.5, 0.6) is 0 Å². The maximum absolute atomic E-state index is 5.49. The van der Waals surface area contributed by atoms with E-state index < -0.39 is 0 Å². The lowest BCUT2D eigenvalue weighted by Crippen LogP contribution is -2.38. The van der Waals surface area contributed by atoms with Gasteiger partial charge in [-0.3, -0.25) is 4.90 Å². The Labute approximate surface area is 98.5 Å². The average molecular weight is 274 g/mol. The Morgan fingerprint density at radius 2 is 2.47 bits per heavy atom. The van der Waals surface area contributed by atoms with Gasteiger partial charge in [0, 0.05) is 13.7 Å². The molecule has 15 heavy (non-hydrogen) atoms. The van der Waals surface area contributed by atoms with Crippen molar-refractivity contribution in [1.82, 2.24) is 4.90 Å². The summed E-state index contributed by atoms with van der Waals surface area (Å²) in [6.45, 7) is 3.03. The van der Waals surface area contributed by atoms with Crippen molar-refractivity contribution in [2.45, 2.75) is 25.5 Å². The summed E-state index contributed by atoms with van der Waals surface area (Å²) in [6.07, 6.45) is 2.77. The van der Waals surface area contributed by atoms with Crippen LogP contribution < -0.4 is 0 Å². The van der Waals surface area contributed by atoms with E-state index in [0.29, 0.717) is 6.10 Å². The summed E-state index contributed by atoms with van der Waals surface area (Å²) < 4.78 is 11.7. The van der Waals surface area contributed by atoms with Crippen molar-refractivity contribution in [2.75, 3.05) is 20.2 Å². The van der Waals surface area contributed by atoms with Crippen LogP contribution in [-0.2, 0) is 11.3 Å². The van der Waals surface area contributed by atoms with Crippen LogP contribution in [0.3, 0.4) is 0 Å². The number of likely N-dealkylation sites (tertiary alicyclic amines) is 1. The van der Waals surface area contributed by atoms with Gasteiger partial charge in [-0.25, -0.2) is 0 Å². The first-order valence-corrected chi connectivity index (χ1v) is 6.06. The molecule has 1 atom stereocenters. The monoisotopic (exact) mass is 273 g/mol. The van der Waals surface area contributed by atoms with Crippen molar-refractivity contribution in [3.63, 3.8) is 0 Å². The Morgan fingerprint density at radius 3 is 3.13 bits per heavy atom. The lowest BCUT2D eigenvalue weighted by Gasteiger charge is -2.31. The lowest BCUT2D eigenvalue weighted by molar-refractivity contribution is 0.0263. The summed E-state index contributed by atoms with van der Waals surface area (Å²) in [5.41, 5.74) is 0. The van der Waals surface area contributed by atoms with Crippen LogP contribution in [0.15, 0.2) is 21.2 Å². The Hall–Kier alpha value is -0.320. The molecule has 1 saturated heterocycles. The number of hydrogen-bond donors (Lipinski definition) is 0. The van der Waals surface area contributed by atoms with E-state index in [1.54, 1.807) is 7.11 Å². The number of halogens is 1. The second kappa shape index (κ2) is 5.14. The van der Waals surface area contributed by atoms with Crippen molar-refractivity contribution in [3.05, 3.63) is 22.6 Å². The highest BCUT2D eigenvalue weighted by Gasteiger charge is 2.20. The van der Waals surface area contributed by atoms with Crippen molar-refractivity contribution >= 4 is 15.9 Å². The van der Waals surface area contributed by atoms with Crippen LogP contribution in [0.25, 0.3) is 0 Å². The molecular weight excluding hydrogens is 258 g/mol. The number of piperidine rings is 1. The minimum absolute atomic E-state index is 0.386. The highest BCUT2D eigenvalue weighted by Crippen LogP contribution is 2.19. The molecule has 0 N–H and O–H groups in total. The average Bonchev–Trinajstić information content (AvgIpc) is 2.64. The first-order valence-electron chi connectivity index (χ1n) is 5.27. The topological polar surface area (TPSA) is 25.6 Å². The molecular formula is C11H16BrNO2. The second-order valence-corrected chi connectivity index (χ2v) is 4.72. The van der Waals surface area contributed by atoms with Gasteiger partial charge in [0.05, 0.1) is 12.6 Å². The molecule has 1 aliphatic heterocycles. The van der Waals surface area contributed by atoms with E-state index in [9.17, 15) is 0 Å². The van der Waals surface area contributed by atoms with Gasteiger partial charge in [0.25, 0.3) is 0 Å². The minimum Gasteiger partial charge on any atom is -0.453 e. The molecule has 0 spiro atoms. The Balaban J connectivity index is 1.88. The molecule has 0 radical (unpaired) electrons. The molecule has 0 aliphatic carbocycles. The zero-order valence-electron chi connectivity index (χ0n) is 8.91. The largest absolute Gasteiger partial charge is 0.453 e. The minimum atomic E-state index is 0.386. The third-order valence-electron chi connectivity index (χ3n) is 2.80. The third kappa shape index (κ3) is 3.06. The zero-order chi connectivity index (χ0) is 10.7. The fraction of sp³-hybridized carbons (Fsp3) is 0.636. The lowest BCUT2D eigenvalue weighted by atomic mass is 10.1. The van der Waals surface area contributed by atoms with Crippen molar-refractivity contribution in [3.8, 4) is 0 Å². The Kier molecular flexibility index (Phi) is 3.83. The first kappa shape index (κ1) is 11.2. The van der Waals surface area contributed by atoms with E-state index in [1.165, 1.54) is 12.8 Å². The molecule has 1 aromatic rings. The van der Waals surface area contributed by atoms with Crippen LogP contribution in [0.2, 0.25) is 0 Å². The van der Waals surface area contributed by atoms with Crippen LogP contribution in [-0.4, -0.2) is 31.2 Å². The Morgan fingerprint density at radius 1 is 1.60 bits per heavy atom. The Bertz CT molecular complexity index is 313. The molecule has 0 bridgehead atoms. The molecule has 1 aromatic heterocycles. The zero-order valence-corrected chi connectivity index (χ0v) is 10.5. The molecule has 0 aromatic carbocycles. The number of rotatable bonds is 3. The third-order valence-corrected chi connectivity index (χ3v) is 3.23. The summed E-state index contributed by atoms with van der Waals surface area (Å²) >= 11 is 3.31. The van der Waals surface area contributed by atoms with Gasteiger partial charge in [-0.2, -0.15) is 0 Å². The predicted octanol–water partition coefficient (Wildman–Crippen LogP) is 2.65. The van der Waals surface area contributed by atoms with Crippen LogP contribution in [0.4, 0.5) is 0 Å².